The minimum absolute atomic E-state index is 0.0652. The molecule has 0 bridgehead atoms. The van der Waals surface area contributed by atoms with Gasteiger partial charge in [0.2, 0.25) is 5.91 Å². The Hall–Kier alpha value is -1.88. The van der Waals surface area contributed by atoms with E-state index >= 15 is 0 Å². The summed E-state index contributed by atoms with van der Waals surface area (Å²) >= 11 is 0. The Morgan fingerprint density at radius 1 is 1.37 bits per heavy atom. The normalized spacial score (nSPS) is 19.5. The van der Waals surface area contributed by atoms with Gasteiger partial charge in [-0.15, -0.1) is 0 Å². The van der Waals surface area contributed by atoms with Gasteiger partial charge in [-0.3, -0.25) is 9.59 Å². The molecule has 19 heavy (non-hydrogen) atoms. The number of hydrogen-bond donors (Lipinski definition) is 2. The highest BCUT2D eigenvalue weighted by molar-refractivity contribution is 5.79. The molecule has 1 amide bonds. The van der Waals surface area contributed by atoms with Crippen molar-refractivity contribution in [3.05, 3.63) is 35.9 Å². The first kappa shape index (κ1) is 13.5. The molecule has 0 aliphatic carbocycles. The lowest BCUT2D eigenvalue weighted by Gasteiger charge is -2.33. The average Bonchev–Trinajstić information content (AvgIpc) is 2.41. The first-order valence-electron chi connectivity index (χ1n) is 6.42. The highest BCUT2D eigenvalue weighted by atomic mass is 16.4. The predicted molar refractivity (Wildman–Crippen MR) is 70.5 cm³/mol. The zero-order valence-electron chi connectivity index (χ0n) is 10.7. The SMILES string of the molecule is O=C(O)CCC1CN(Cc2ccccc2)C(=O)CN1. The lowest BCUT2D eigenvalue weighted by atomic mass is 10.1. The Morgan fingerprint density at radius 2 is 2.11 bits per heavy atom. The van der Waals surface area contributed by atoms with Crippen LogP contribution >= 0.6 is 0 Å². The van der Waals surface area contributed by atoms with Crippen molar-refractivity contribution in [3.8, 4) is 0 Å². The van der Waals surface area contributed by atoms with Gasteiger partial charge in [-0.1, -0.05) is 30.3 Å². The van der Waals surface area contributed by atoms with Gasteiger partial charge in [-0.25, -0.2) is 0 Å². The molecule has 1 aromatic carbocycles. The van der Waals surface area contributed by atoms with Crippen molar-refractivity contribution in [2.24, 2.45) is 0 Å². The van der Waals surface area contributed by atoms with Gasteiger partial charge in [0.1, 0.15) is 0 Å². The van der Waals surface area contributed by atoms with Gasteiger partial charge >= 0.3 is 5.97 Å². The highest BCUT2D eigenvalue weighted by Crippen LogP contribution is 2.11. The molecule has 1 aromatic rings. The maximum Gasteiger partial charge on any atom is 0.303 e. The van der Waals surface area contributed by atoms with Crippen molar-refractivity contribution in [2.45, 2.75) is 25.4 Å². The third-order valence-electron chi connectivity index (χ3n) is 3.26. The largest absolute Gasteiger partial charge is 0.481 e. The number of carbonyl (C=O) groups excluding carboxylic acids is 1. The van der Waals surface area contributed by atoms with Gasteiger partial charge in [0, 0.05) is 25.6 Å². The molecule has 2 N–H and O–H groups in total. The standard InChI is InChI=1S/C14H18N2O3/c17-13-8-15-12(6-7-14(18)19)10-16(13)9-11-4-2-1-3-5-11/h1-5,12,15H,6-10H2,(H,18,19). The molecular weight excluding hydrogens is 244 g/mol. The van der Waals surface area contributed by atoms with E-state index in [0.29, 0.717) is 19.5 Å². The van der Waals surface area contributed by atoms with Gasteiger partial charge < -0.3 is 15.3 Å². The van der Waals surface area contributed by atoms with Crippen molar-refractivity contribution < 1.29 is 14.7 Å². The number of carboxylic acid groups (broad SMARTS) is 1. The predicted octanol–water partition coefficient (Wildman–Crippen LogP) is 0.852. The summed E-state index contributed by atoms with van der Waals surface area (Å²) in [5, 5.41) is 11.8. The number of amides is 1. The Bertz CT molecular complexity index is 447. The summed E-state index contributed by atoms with van der Waals surface area (Å²) in [6, 6.07) is 9.88. The molecule has 1 fully saturated rings. The molecule has 0 radical (unpaired) electrons. The van der Waals surface area contributed by atoms with Crippen molar-refractivity contribution in [1.29, 1.82) is 0 Å². The summed E-state index contributed by atoms with van der Waals surface area (Å²) in [6.07, 6.45) is 0.680. The fourth-order valence-electron chi connectivity index (χ4n) is 2.22. The zero-order valence-corrected chi connectivity index (χ0v) is 10.7. The summed E-state index contributed by atoms with van der Waals surface area (Å²) in [5.41, 5.74) is 1.09. The molecule has 5 nitrogen and oxygen atoms in total. The van der Waals surface area contributed by atoms with E-state index in [0.717, 1.165) is 5.56 Å². The van der Waals surface area contributed by atoms with E-state index in [1.54, 1.807) is 4.90 Å². The van der Waals surface area contributed by atoms with Crippen LogP contribution in [0.2, 0.25) is 0 Å². The van der Waals surface area contributed by atoms with Crippen molar-refractivity contribution in [3.63, 3.8) is 0 Å². The number of carbonyl (C=O) groups is 2. The van der Waals surface area contributed by atoms with Gasteiger partial charge in [0.05, 0.1) is 6.54 Å². The molecule has 1 heterocycles. The molecule has 102 valence electrons. The second kappa shape index (κ2) is 6.33. The third kappa shape index (κ3) is 4.06. The van der Waals surface area contributed by atoms with Crippen LogP contribution in [0.15, 0.2) is 30.3 Å². The molecule has 0 spiro atoms. The molecule has 0 saturated carbocycles. The number of benzene rings is 1. The average molecular weight is 262 g/mol. The molecule has 1 unspecified atom stereocenters. The van der Waals surface area contributed by atoms with Crippen LogP contribution < -0.4 is 5.32 Å². The minimum Gasteiger partial charge on any atom is -0.481 e. The van der Waals surface area contributed by atoms with E-state index in [2.05, 4.69) is 5.32 Å². The topological polar surface area (TPSA) is 69.6 Å². The second-order valence-electron chi connectivity index (χ2n) is 4.77. The van der Waals surface area contributed by atoms with Crippen LogP contribution in [-0.2, 0) is 16.1 Å². The van der Waals surface area contributed by atoms with Crippen LogP contribution in [0.5, 0.6) is 0 Å². The quantitative estimate of drug-likeness (QED) is 0.825. The molecule has 0 aromatic heterocycles. The first-order valence-corrected chi connectivity index (χ1v) is 6.42. The molecule has 1 aliphatic heterocycles. The summed E-state index contributed by atoms with van der Waals surface area (Å²) < 4.78 is 0. The third-order valence-corrected chi connectivity index (χ3v) is 3.26. The summed E-state index contributed by atoms with van der Waals surface area (Å²) in [4.78, 5) is 24.2. The first-order chi connectivity index (χ1) is 9.15. The zero-order chi connectivity index (χ0) is 13.7. The fraction of sp³-hybridized carbons (Fsp3) is 0.429. The van der Waals surface area contributed by atoms with E-state index in [4.69, 9.17) is 5.11 Å². The Labute approximate surface area is 112 Å². The fourth-order valence-corrected chi connectivity index (χ4v) is 2.22. The lowest BCUT2D eigenvalue weighted by molar-refractivity contribution is -0.137. The molecule has 2 rings (SSSR count). The number of piperazine rings is 1. The molecular formula is C14H18N2O3. The molecule has 5 heteroatoms. The van der Waals surface area contributed by atoms with Crippen molar-refractivity contribution >= 4 is 11.9 Å². The Morgan fingerprint density at radius 3 is 2.79 bits per heavy atom. The second-order valence-corrected chi connectivity index (χ2v) is 4.77. The smallest absolute Gasteiger partial charge is 0.303 e. The van der Waals surface area contributed by atoms with Crippen LogP contribution in [0.25, 0.3) is 0 Å². The van der Waals surface area contributed by atoms with E-state index in [-0.39, 0.29) is 24.9 Å². The van der Waals surface area contributed by atoms with Crippen molar-refractivity contribution in [2.75, 3.05) is 13.1 Å². The van der Waals surface area contributed by atoms with E-state index in [1.165, 1.54) is 0 Å². The van der Waals surface area contributed by atoms with Gasteiger partial charge in [-0.05, 0) is 12.0 Å². The number of aliphatic carboxylic acids is 1. The minimum atomic E-state index is -0.798. The summed E-state index contributed by atoms with van der Waals surface area (Å²) in [5.74, 6) is -0.733. The van der Waals surface area contributed by atoms with E-state index in [1.807, 2.05) is 30.3 Å². The van der Waals surface area contributed by atoms with Gasteiger partial charge in [0.15, 0.2) is 0 Å². The van der Waals surface area contributed by atoms with E-state index in [9.17, 15) is 9.59 Å². The maximum atomic E-state index is 11.8. The van der Waals surface area contributed by atoms with Crippen molar-refractivity contribution in [1.82, 2.24) is 10.2 Å². The number of carboxylic acids is 1. The van der Waals surface area contributed by atoms with E-state index < -0.39 is 5.97 Å². The number of nitrogens with zero attached hydrogens (tertiary/aromatic N) is 1. The maximum absolute atomic E-state index is 11.8. The van der Waals surface area contributed by atoms with Crippen LogP contribution in [0, 0.1) is 0 Å². The van der Waals surface area contributed by atoms with Crippen LogP contribution in [-0.4, -0.2) is 41.0 Å². The Kier molecular flexibility index (Phi) is 4.52. The van der Waals surface area contributed by atoms with Gasteiger partial charge in [-0.2, -0.15) is 0 Å². The monoisotopic (exact) mass is 262 g/mol. The summed E-state index contributed by atoms with van der Waals surface area (Å²) in [7, 11) is 0. The van der Waals surface area contributed by atoms with Gasteiger partial charge in [0.25, 0.3) is 0 Å². The number of hydrogen-bond acceptors (Lipinski definition) is 3. The highest BCUT2D eigenvalue weighted by Gasteiger charge is 2.25. The molecule has 1 saturated heterocycles. The lowest BCUT2D eigenvalue weighted by Crippen LogP contribution is -2.53. The number of nitrogens with one attached hydrogen (secondary N) is 1. The van der Waals surface area contributed by atoms with Crippen LogP contribution in [0.1, 0.15) is 18.4 Å². The Balaban J connectivity index is 1.91. The number of rotatable bonds is 5. The van der Waals surface area contributed by atoms with Crippen LogP contribution in [0.3, 0.4) is 0 Å². The summed E-state index contributed by atoms with van der Waals surface area (Å²) in [6.45, 7) is 1.45. The van der Waals surface area contributed by atoms with Crippen LogP contribution in [0.4, 0.5) is 0 Å². The molecule has 1 aliphatic rings. The molecule has 1 atom stereocenters.